The quantitative estimate of drug-likeness (QED) is 0.610. The Labute approximate surface area is 136 Å². The highest BCUT2D eigenvalue weighted by atomic mass is 19.1. The average molecular weight is 335 g/mol. The van der Waals surface area contributed by atoms with E-state index in [4.69, 9.17) is 13.9 Å². The molecule has 7 nitrogen and oxygen atoms in total. The summed E-state index contributed by atoms with van der Waals surface area (Å²) in [5.74, 6) is -2.61. The molecule has 0 saturated heterocycles. The van der Waals surface area contributed by atoms with Gasteiger partial charge in [-0.15, -0.1) is 0 Å². The second-order valence-electron chi connectivity index (χ2n) is 4.59. The molecular weight excluding hydrogens is 321 g/mol. The molecule has 0 saturated carbocycles. The van der Waals surface area contributed by atoms with E-state index in [0.29, 0.717) is 0 Å². The number of carbonyl (C=O) groups is 3. The molecule has 1 heterocycles. The van der Waals surface area contributed by atoms with E-state index in [0.717, 1.165) is 6.07 Å². The van der Waals surface area contributed by atoms with Gasteiger partial charge in [-0.05, 0) is 30.3 Å². The van der Waals surface area contributed by atoms with Crippen molar-refractivity contribution >= 4 is 17.7 Å². The molecule has 0 bridgehead atoms. The monoisotopic (exact) mass is 335 g/mol. The van der Waals surface area contributed by atoms with E-state index in [1.807, 2.05) is 0 Å². The molecule has 1 aromatic carbocycles. The van der Waals surface area contributed by atoms with Gasteiger partial charge < -0.3 is 19.2 Å². The van der Waals surface area contributed by atoms with Crippen LogP contribution in [0, 0.1) is 5.82 Å². The van der Waals surface area contributed by atoms with Crippen molar-refractivity contribution in [3.8, 4) is 5.75 Å². The highest BCUT2D eigenvalue weighted by Crippen LogP contribution is 2.17. The maximum absolute atomic E-state index is 13.5. The number of hydrogen-bond acceptors (Lipinski definition) is 6. The topological polar surface area (TPSA) is 94.8 Å². The molecule has 0 radical (unpaired) electrons. The van der Waals surface area contributed by atoms with Gasteiger partial charge in [-0.1, -0.05) is 0 Å². The fourth-order valence-corrected chi connectivity index (χ4v) is 1.77. The number of nitrogens with one attached hydrogen (secondary N) is 1. The first-order valence-corrected chi connectivity index (χ1v) is 6.85. The van der Waals surface area contributed by atoms with Crippen molar-refractivity contribution < 1.29 is 32.7 Å². The van der Waals surface area contributed by atoms with Gasteiger partial charge in [0.05, 0.1) is 13.4 Å². The van der Waals surface area contributed by atoms with Gasteiger partial charge in [0, 0.05) is 5.56 Å². The number of ether oxygens (including phenoxy) is 2. The lowest BCUT2D eigenvalue weighted by Gasteiger charge is -2.06. The van der Waals surface area contributed by atoms with Gasteiger partial charge in [0.25, 0.3) is 5.91 Å². The first-order chi connectivity index (χ1) is 11.5. The maximum atomic E-state index is 13.5. The molecule has 0 aliphatic carbocycles. The minimum atomic E-state index is -0.808. The van der Waals surface area contributed by atoms with E-state index in [1.165, 1.54) is 37.6 Å². The minimum absolute atomic E-state index is 0.00387. The lowest BCUT2D eigenvalue weighted by atomic mass is 10.1. The van der Waals surface area contributed by atoms with E-state index < -0.39 is 36.6 Å². The molecule has 1 amide bonds. The Morgan fingerprint density at radius 2 is 2.04 bits per heavy atom. The second kappa shape index (κ2) is 7.91. The number of methoxy groups -OCH3 is 1. The molecule has 0 fully saturated rings. The average Bonchev–Trinajstić information content (AvgIpc) is 3.12. The zero-order valence-corrected chi connectivity index (χ0v) is 12.7. The molecule has 0 aliphatic rings. The van der Waals surface area contributed by atoms with Gasteiger partial charge in [-0.3, -0.25) is 14.4 Å². The van der Waals surface area contributed by atoms with Crippen molar-refractivity contribution in [1.82, 2.24) is 5.32 Å². The predicted molar refractivity (Wildman–Crippen MR) is 79.3 cm³/mol. The van der Waals surface area contributed by atoms with Crippen LogP contribution in [-0.4, -0.2) is 37.9 Å². The second-order valence-corrected chi connectivity index (χ2v) is 4.59. The van der Waals surface area contributed by atoms with E-state index in [2.05, 4.69) is 5.32 Å². The summed E-state index contributed by atoms with van der Waals surface area (Å²) in [5, 5.41) is 2.28. The summed E-state index contributed by atoms with van der Waals surface area (Å²) in [6, 6.07) is 6.61. The Hall–Kier alpha value is -3.16. The standard InChI is InChI=1S/C16H14FNO6/c1-22-13-5-4-10(7-11(13)17)12(19)9-24-15(20)8-18-16(21)14-3-2-6-23-14/h2-7H,8-9H2,1H3,(H,18,21). The first-order valence-electron chi connectivity index (χ1n) is 6.85. The van der Waals surface area contributed by atoms with Crippen molar-refractivity contribution in [2.24, 2.45) is 0 Å². The van der Waals surface area contributed by atoms with Crippen LogP contribution < -0.4 is 10.1 Å². The number of rotatable bonds is 7. The number of esters is 1. The van der Waals surface area contributed by atoms with Gasteiger partial charge in [0.15, 0.2) is 29.7 Å². The van der Waals surface area contributed by atoms with Crippen molar-refractivity contribution in [1.29, 1.82) is 0 Å². The van der Waals surface area contributed by atoms with Crippen molar-refractivity contribution in [2.75, 3.05) is 20.3 Å². The molecule has 0 aliphatic heterocycles. The summed E-state index contributed by atoms with van der Waals surface area (Å²) in [6.45, 7) is -0.995. The van der Waals surface area contributed by atoms with E-state index in [-0.39, 0.29) is 17.1 Å². The third-order valence-corrected chi connectivity index (χ3v) is 2.98. The number of Topliss-reactive ketones (excluding diaryl/α,β-unsaturated/α-hetero) is 1. The van der Waals surface area contributed by atoms with Crippen LogP contribution in [0.2, 0.25) is 0 Å². The Kier molecular flexibility index (Phi) is 5.67. The molecule has 8 heteroatoms. The van der Waals surface area contributed by atoms with Gasteiger partial charge in [0.1, 0.15) is 6.54 Å². The lowest BCUT2D eigenvalue weighted by Crippen LogP contribution is -2.31. The van der Waals surface area contributed by atoms with Crippen LogP contribution in [0.3, 0.4) is 0 Å². The highest BCUT2D eigenvalue weighted by molar-refractivity contribution is 5.98. The van der Waals surface area contributed by atoms with E-state index >= 15 is 0 Å². The number of benzene rings is 1. The molecule has 1 aromatic heterocycles. The SMILES string of the molecule is COc1ccc(C(=O)COC(=O)CNC(=O)c2ccco2)cc1F. The van der Waals surface area contributed by atoms with Crippen LogP contribution >= 0.6 is 0 Å². The summed E-state index contributed by atoms with van der Waals surface area (Å²) in [4.78, 5) is 34.9. The fraction of sp³-hybridized carbons (Fsp3) is 0.188. The summed E-state index contributed by atoms with van der Waals surface area (Å²) < 4.78 is 27.8. The zero-order chi connectivity index (χ0) is 17.5. The van der Waals surface area contributed by atoms with Crippen molar-refractivity contribution in [3.05, 3.63) is 53.7 Å². The van der Waals surface area contributed by atoms with Gasteiger partial charge in [0.2, 0.25) is 0 Å². The molecule has 1 N–H and O–H groups in total. The van der Waals surface area contributed by atoms with Crippen LogP contribution in [0.1, 0.15) is 20.9 Å². The summed E-state index contributed by atoms with van der Waals surface area (Å²) >= 11 is 0. The molecule has 0 atom stereocenters. The minimum Gasteiger partial charge on any atom is -0.494 e. The Balaban J connectivity index is 1.80. The molecule has 0 unspecified atom stereocenters. The molecule has 2 aromatic rings. The van der Waals surface area contributed by atoms with Crippen molar-refractivity contribution in [3.63, 3.8) is 0 Å². The number of carbonyl (C=O) groups excluding carboxylic acids is 3. The molecule has 2 rings (SSSR count). The Morgan fingerprint density at radius 3 is 2.67 bits per heavy atom. The predicted octanol–water partition coefficient (Wildman–Crippen LogP) is 1.58. The molecular formula is C16H14FNO6. The molecule has 0 spiro atoms. The summed E-state index contributed by atoms with van der Waals surface area (Å²) in [5.41, 5.74) is 0.0423. The third-order valence-electron chi connectivity index (χ3n) is 2.98. The third kappa shape index (κ3) is 4.42. The number of ketones is 1. The van der Waals surface area contributed by atoms with Gasteiger partial charge >= 0.3 is 5.97 Å². The summed E-state index contributed by atoms with van der Waals surface area (Å²) in [6.07, 6.45) is 1.32. The zero-order valence-electron chi connectivity index (χ0n) is 12.7. The number of furan rings is 1. The first kappa shape index (κ1) is 17.2. The van der Waals surface area contributed by atoms with Crippen LogP contribution in [0.4, 0.5) is 4.39 Å². The largest absolute Gasteiger partial charge is 0.494 e. The lowest BCUT2D eigenvalue weighted by molar-refractivity contribution is -0.141. The van der Waals surface area contributed by atoms with Gasteiger partial charge in [-0.25, -0.2) is 4.39 Å². The van der Waals surface area contributed by atoms with Gasteiger partial charge in [-0.2, -0.15) is 0 Å². The van der Waals surface area contributed by atoms with Crippen molar-refractivity contribution in [2.45, 2.75) is 0 Å². The fourth-order valence-electron chi connectivity index (χ4n) is 1.77. The van der Waals surface area contributed by atoms with Crippen LogP contribution in [0.5, 0.6) is 5.75 Å². The van der Waals surface area contributed by atoms with E-state index in [9.17, 15) is 18.8 Å². The molecule has 126 valence electrons. The maximum Gasteiger partial charge on any atom is 0.325 e. The molecule has 24 heavy (non-hydrogen) atoms. The Bertz CT molecular complexity index is 741. The summed E-state index contributed by atoms with van der Waals surface area (Å²) in [7, 11) is 1.30. The van der Waals surface area contributed by atoms with E-state index in [1.54, 1.807) is 0 Å². The number of hydrogen-bond donors (Lipinski definition) is 1. The number of halogens is 1. The Morgan fingerprint density at radius 1 is 1.25 bits per heavy atom. The van der Waals surface area contributed by atoms with Crippen LogP contribution in [-0.2, 0) is 9.53 Å². The highest BCUT2D eigenvalue weighted by Gasteiger charge is 2.14. The smallest absolute Gasteiger partial charge is 0.325 e. The normalized spacial score (nSPS) is 10.1. The number of amides is 1. The van der Waals surface area contributed by atoms with Crippen LogP contribution in [0.15, 0.2) is 41.0 Å². The van der Waals surface area contributed by atoms with Crippen LogP contribution in [0.25, 0.3) is 0 Å².